The lowest BCUT2D eigenvalue weighted by Gasteiger charge is -2.04. The number of nitrogens with one attached hydrogen (secondary N) is 2. The van der Waals surface area contributed by atoms with E-state index in [4.69, 9.17) is 5.73 Å². The largest absolute Gasteiger partial charge is 0.366 e. The van der Waals surface area contributed by atoms with E-state index in [-0.39, 0.29) is 5.82 Å². The summed E-state index contributed by atoms with van der Waals surface area (Å²) in [6.07, 6.45) is 1.30. The van der Waals surface area contributed by atoms with Crippen LogP contribution in [0.1, 0.15) is 21.0 Å². The normalized spacial score (nSPS) is 10.9. The second kappa shape index (κ2) is 6.37. The third-order valence-corrected chi connectivity index (χ3v) is 4.12. The molecule has 3 heterocycles. The Balaban J connectivity index is 1.68. The number of nitrogens with zero attached hydrogens (tertiary/aromatic N) is 4. The van der Waals surface area contributed by atoms with E-state index in [0.29, 0.717) is 28.3 Å². The summed E-state index contributed by atoms with van der Waals surface area (Å²) < 4.78 is 1.38. The van der Waals surface area contributed by atoms with Crippen LogP contribution in [0.15, 0.2) is 48.8 Å². The molecular weight excluding hydrogens is 346 g/mol. The second-order valence-electron chi connectivity index (χ2n) is 5.89. The van der Waals surface area contributed by atoms with E-state index in [9.17, 15) is 9.59 Å². The van der Waals surface area contributed by atoms with Gasteiger partial charge in [0.15, 0.2) is 0 Å². The average Bonchev–Trinajstić information content (AvgIpc) is 3.27. The molecule has 4 aromatic rings. The molecule has 9 nitrogen and oxygen atoms in total. The number of H-pyrrole nitrogens is 1. The number of pyridine rings is 1. The highest BCUT2D eigenvalue weighted by atomic mass is 16.2. The molecule has 9 heteroatoms. The number of primary amides is 1. The molecule has 0 saturated heterocycles. The monoisotopic (exact) mass is 361 g/mol. The number of aromatic amines is 1. The summed E-state index contributed by atoms with van der Waals surface area (Å²) in [6, 6.07) is 12.4. The lowest BCUT2D eigenvalue weighted by molar-refractivity contribution is 0.0995. The minimum absolute atomic E-state index is 0.180. The molecule has 134 valence electrons. The van der Waals surface area contributed by atoms with E-state index in [2.05, 4.69) is 25.4 Å². The number of fused-ring (bicyclic) bond motifs is 1. The van der Waals surface area contributed by atoms with Gasteiger partial charge < -0.3 is 16.0 Å². The van der Waals surface area contributed by atoms with Crippen molar-refractivity contribution in [3.8, 4) is 11.3 Å². The first-order valence-corrected chi connectivity index (χ1v) is 8.07. The third-order valence-electron chi connectivity index (χ3n) is 4.12. The summed E-state index contributed by atoms with van der Waals surface area (Å²) in [7, 11) is 1.63. The van der Waals surface area contributed by atoms with Crippen molar-refractivity contribution in [3.05, 3.63) is 60.2 Å². The zero-order valence-corrected chi connectivity index (χ0v) is 14.3. The molecule has 0 aliphatic carbocycles. The van der Waals surface area contributed by atoms with Gasteiger partial charge in [0.25, 0.3) is 5.91 Å². The maximum absolute atomic E-state index is 12.2. The van der Waals surface area contributed by atoms with Crippen molar-refractivity contribution < 1.29 is 9.59 Å². The average molecular weight is 361 g/mol. The Kier molecular flexibility index (Phi) is 3.88. The van der Waals surface area contributed by atoms with Crippen LogP contribution in [0.25, 0.3) is 22.3 Å². The van der Waals surface area contributed by atoms with Gasteiger partial charge in [-0.15, -0.1) is 0 Å². The van der Waals surface area contributed by atoms with Crippen molar-refractivity contribution in [1.82, 2.24) is 24.7 Å². The molecule has 0 bridgehead atoms. The van der Waals surface area contributed by atoms with Crippen LogP contribution < -0.4 is 11.1 Å². The number of anilines is 1. The number of nitrogens with two attached hydrogens (primary N) is 1. The van der Waals surface area contributed by atoms with Gasteiger partial charge in [-0.2, -0.15) is 5.10 Å². The number of carbonyl (C=O) groups is 2. The zero-order valence-electron chi connectivity index (χ0n) is 14.3. The van der Waals surface area contributed by atoms with Crippen LogP contribution in [-0.2, 0) is 7.05 Å². The molecule has 27 heavy (non-hydrogen) atoms. The van der Waals surface area contributed by atoms with Crippen molar-refractivity contribution in [2.75, 3.05) is 5.32 Å². The number of hydrogen-bond donors (Lipinski definition) is 3. The third kappa shape index (κ3) is 3.01. The van der Waals surface area contributed by atoms with Crippen LogP contribution in [0.2, 0.25) is 0 Å². The molecule has 0 saturated carbocycles. The van der Waals surface area contributed by atoms with Gasteiger partial charge in [-0.3, -0.25) is 9.59 Å². The van der Waals surface area contributed by atoms with Crippen molar-refractivity contribution >= 4 is 28.7 Å². The molecule has 0 spiro atoms. The molecule has 0 atom stereocenters. The van der Waals surface area contributed by atoms with Gasteiger partial charge in [-0.25, -0.2) is 14.6 Å². The molecule has 1 aromatic carbocycles. The molecule has 0 aliphatic heterocycles. The van der Waals surface area contributed by atoms with Crippen molar-refractivity contribution in [2.24, 2.45) is 12.8 Å². The van der Waals surface area contributed by atoms with Crippen molar-refractivity contribution in [2.45, 2.75) is 0 Å². The van der Waals surface area contributed by atoms with Gasteiger partial charge in [0.1, 0.15) is 17.8 Å². The Morgan fingerprint density at radius 3 is 2.74 bits per heavy atom. The molecule has 0 aliphatic rings. The van der Waals surface area contributed by atoms with Crippen molar-refractivity contribution in [3.63, 3.8) is 0 Å². The Bertz CT molecular complexity index is 1180. The number of aryl methyl sites for hydroxylation is 1. The lowest BCUT2D eigenvalue weighted by Crippen LogP contribution is -2.18. The Morgan fingerprint density at radius 1 is 1.19 bits per heavy atom. The number of aromatic nitrogens is 5. The predicted molar refractivity (Wildman–Crippen MR) is 99.0 cm³/mol. The van der Waals surface area contributed by atoms with E-state index in [1.54, 1.807) is 25.2 Å². The van der Waals surface area contributed by atoms with Crippen LogP contribution in [0.3, 0.4) is 0 Å². The first-order chi connectivity index (χ1) is 13.0. The summed E-state index contributed by atoms with van der Waals surface area (Å²) in [6.45, 7) is 0. The van der Waals surface area contributed by atoms with Crippen molar-refractivity contribution in [1.29, 1.82) is 0 Å². The Hall–Kier alpha value is -4.01. The van der Waals surface area contributed by atoms with Gasteiger partial charge in [0.05, 0.1) is 0 Å². The fourth-order valence-corrected chi connectivity index (χ4v) is 2.83. The SMILES string of the molecule is Cn1ncnc1C(=O)Nc1ccc2cc(-c3ccccc3C(N)=O)[nH]c2n1. The molecular formula is C18H15N7O2. The molecule has 3 aromatic heterocycles. The number of benzene rings is 1. The van der Waals surface area contributed by atoms with E-state index in [1.165, 1.54) is 11.0 Å². The summed E-state index contributed by atoms with van der Waals surface area (Å²) in [5, 5.41) is 7.39. The summed E-state index contributed by atoms with van der Waals surface area (Å²) >= 11 is 0. The highest BCUT2D eigenvalue weighted by Gasteiger charge is 2.15. The maximum atomic E-state index is 12.2. The van der Waals surface area contributed by atoms with Gasteiger partial charge in [-0.05, 0) is 24.3 Å². The number of amides is 2. The van der Waals surface area contributed by atoms with E-state index in [1.807, 2.05) is 24.3 Å². The molecule has 4 N–H and O–H groups in total. The van der Waals surface area contributed by atoms with E-state index >= 15 is 0 Å². The Labute approximate surface area is 153 Å². The zero-order chi connectivity index (χ0) is 19.0. The van der Waals surface area contributed by atoms with Gasteiger partial charge in [-0.1, -0.05) is 18.2 Å². The summed E-state index contributed by atoms with van der Waals surface area (Å²) in [4.78, 5) is 35.4. The van der Waals surface area contributed by atoms with Crippen LogP contribution in [0, 0.1) is 0 Å². The maximum Gasteiger partial charge on any atom is 0.294 e. The van der Waals surface area contributed by atoms with E-state index in [0.717, 1.165) is 5.39 Å². The van der Waals surface area contributed by atoms with Gasteiger partial charge in [0.2, 0.25) is 11.7 Å². The van der Waals surface area contributed by atoms with Crippen LogP contribution in [-0.4, -0.2) is 36.5 Å². The first kappa shape index (κ1) is 16.5. The molecule has 4 rings (SSSR count). The molecule has 0 unspecified atom stereocenters. The molecule has 2 amide bonds. The molecule has 0 fully saturated rings. The fourth-order valence-electron chi connectivity index (χ4n) is 2.83. The predicted octanol–water partition coefficient (Wildman–Crippen LogP) is 1.71. The highest BCUT2D eigenvalue weighted by molar-refractivity contribution is 6.02. The van der Waals surface area contributed by atoms with Gasteiger partial charge >= 0.3 is 0 Å². The van der Waals surface area contributed by atoms with E-state index < -0.39 is 11.8 Å². The topological polar surface area (TPSA) is 132 Å². The minimum Gasteiger partial charge on any atom is -0.366 e. The lowest BCUT2D eigenvalue weighted by atomic mass is 10.0. The number of hydrogen-bond acceptors (Lipinski definition) is 5. The number of rotatable bonds is 4. The smallest absolute Gasteiger partial charge is 0.294 e. The summed E-state index contributed by atoms with van der Waals surface area (Å²) in [5.41, 5.74) is 7.84. The highest BCUT2D eigenvalue weighted by Crippen LogP contribution is 2.27. The number of carbonyl (C=O) groups excluding carboxylic acids is 2. The second-order valence-corrected chi connectivity index (χ2v) is 5.89. The van der Waals surface area contributed by atoms with Crippen LogP contribution >= 0.6 is 0 Å². The van der Waals surface area contributed by atoms with Crippen LogP contribution in [0.5, 0.6) is 0 Å². The minimum atomic E-state index is -0.506. The fraction of sp³-hybridized carbons (Fsp3) is 0.0556. The first-order valence-electron chi connectivity index (χ1n) is 8.07. The Morgan fingerprint density at radius 2 is 2.00 bits per heavy atom. The summed E-state index contributed by atoms with van der Waals surface area (Å²) in [5.74, 6) is -0.368. The quantitative estimate of drug-likeness (QED) is 0.509. The van der Waals surface area contributed by atoms with Crippen LogP contribution in [0.4, 0.5) is 5.82 Å². The standard InChI is InChI=1S/C18H15N7O2/c1-25-17(20-9-21-25)18(27)24-14-7-6-10-8-13(22-16(10)23-14)11-4-2-3-5-12(11)15(19)26/h2-9H,1H3,(H2,19,26)(H2,22,23,24,27). The molecule has 0 radical (unpaired) electrons. The van der Waals surface area contributed by atoms with Gasteiger partial charge in [0, 0.05) is 29.3 Å².